The maximum absolute atomic E-state index is 4.58. The second-order valence-electron chi connectivity index (χ2n) is 3.70. The summed E-state index contributed by atoms with van der Waals surface area (Å²) in [6.45, 7) is 7.29. The first kappa shape index (κ1) is 9.21. The molecule has 0 bridgehead atoms. The lowest BCUT2D eigenvalue weighted by molar-refractivity contribution is 0.471. The van der Waals surface area contributed by atoms with E-state index in [0.29, 0.717) is 5.92 Å². The normalized spacial score (nSPS) is 16.3. The predicted octanol–water partition coefficient (Wildman–Crippen LogP) is 1.87. The van der Waals surface area contributed by atoms with E-state index in [1.165, 1.54) is 15.9 Å². The summed E-state index contributed by atoms with van der Waals surface area (Å²) in [5, 5.41) is 7.92. The van der Waals surface area contributed by atoms with Crippen LogP contribution in [0.2, 0.25) is 0 Å². The molecular formula is C9H14BrN3. The number of rotatable bonds is 1. The quantitative estimate of drug-likeness (QED) is 0.817. The van der Waals surface area contributed by atoms with Crippen molar-refractivity contribution in [3.05, 3.63) is 15.9 Å². The van der Waals surface area contributed by atoms with Gasteiger partial charge in [-0.15, -0.1) is 0 Å². The van der Waals surface area contributed by atoms with Gasteiger partial charge in [-0.1, -0.05) is 13.8 Å². The molecule has 0 aromatic carbocycles. The van der Waals surface area contributed by atoms with Crippen LogP contribution >= 0.6 is 15.9 Å². The molecule has 1 aliphatic heterocycles. The van der Waals surface area contributed by atoms with Gasteiger partial charge in [-0.05, 0) is 21.8 Å². The van der Waals surface area contributed by atoms with Crippen LogP contribution in [0.3, 0.4) is 0 Å². The van der Waals surface area contributed by atoms with Crippen molar-refractivity contribution >= 4 is 15.9 Å². The fraction of sp³-hybridized carbons (Fsp3) is 0.667. The van der Waals surface area contributed by atoms with Crippen molar-refractivity contribution in [3.63, 3.8) is 0 Å². The molecule has 1 aliphatic rings. The smallest absolute Gasteiger partial charge is 0.0795 e. The predicted molar refractivity (Wildman–Crippen MR) is 55.7 cm³/mol. The van der Waals surface area contributed by atoms with E-state index in [0.717, 1.165) is 19.6 Å². The molecular weight excluding hydrogens is 230 g/mol. The molecule has 0 unspecified atom stereocenters. The lowest BCUT2D eigenvalue weighted by Crippen LogP contribution is -2.28. The first-order chi connectivity index (χ1) is 6.20. The Morgan fingerprint density at radius 2 is 2.31 bits per heavy atom. The molecule has 1 N–H and O–H groups in total. The number of aromatic nitrogens is 2. The average Bonchev–Trinajstić information content (AvgIpc) is 2.45. The van der Waals surface area contributed by atoms with E-state index in [-0.39, 0.29) is 0 Å². The summed E-state index contributed by atoms with van der Waals surface area (Å²) in [6, 6.07) is 0. The second-order valence-corrected chi connectivity index (χ2v) is 4.49. The Kier molecular flexibility index (Phi) is 2.43. The van der Waals surface area contributed by atoms with Crippen LogP contribution in [-0.2, 0) is 13.1 Å². The van der Waals surface area contributed by atoms with Crippen molar-refractivity contribution in [1.82, 2.24) is 15.1 Å². The number of nitrogens with zero attached hydrogens (tertiary/aromatic N) is 2. The number of hydrogen-bond acceptors (Lipinski definition) is 2. The summed E-state index contributed by atoms with van der Waals surface area (Å²) in [4.78, 5) is 0. The number of halogens is 1. The molecule has 13 heavy (non-hydrogen) atoms. The molecule has 0 saturated carbocycles. The van der Waals surface area contributed by atoms with Crippen molar-refractivity contribution in [1.29, 1.82) is 0 Å². The fourth-order valence-electron chi connectivity index (χ4n) is 1.61. The highest BCUT2D eigenvalue weighted by molar-refractivity contribution is 9.10. The van der Waals surface area contributed by atoms with Crippen LogP contribution in [0.15, 0.2) is 4.47 Å². The first-order valence-electron chi connectivity index (χ1n) is 4.66. The summed E-state index contributed by atoms with van der Waals surface area (Å²) in [5.74, 6) is 0.493. The van der Waals surface area contributed by atoms with Crippen LogP contribution in [-0.4, -0.2) is 16.3 Å². The highest BCUT2D eigenvalue weighted by atomic mass is 79.9. The van der Waals surface area contributed by atoms with Crippen LogP contribution in [0.25, 0.3) is 0 Å². The molecule has 1 aromatic heterocycles. The zero-order chi connectivity index (χ0) is 9.42. The van der Waals surface area contributed by atoms with Gasteiger partial charge in [0.25, 0.3) is 0 Å². The monoisotopic (exact) mass is 243 g/mol. The molecule has 1 aromatic rings. The van der Waals surface area contributed by atoms with Gasteiger partial charge in [0.15, 0.2) is 0 Å². The molecule has 0 radical (unpaired) electrons. The molecule has 0 amide bonds. The molecule has 0 saturated heterocycles. The third kappa shape index (κ3) is 1.53. The first-order valence-corrected chi connectivity index (χ1v) is 5.45. The lowest BCUT2D eigenvalue weighted by Gasteiger charge is -2.14. The minimum atomic E-state index is 0.493. The average molecular weight is 244 g/mol. The van der Waals surface area contributed by atoms with Gasteiger partial charge in [0, 0.05) is 13.1 Å². The molecule has 72 valence electrons. The van der Waals surface area contributed by atoms with Crippen molar-refractivity contribution in [2.45, 2.75) is 32.9 Å². The van der Waals surface area contributed by atoms with E-state index in [1.54, 1.807) is 0 Å². The Labute approximate surface area is 86.6 Å². The Bertz CT molecular complexity index is 317. The van der Waals surface area contributed by atoms with Crippen molar-refractivity contribution in [2.24, 2.45) is 0 Å². The minimum absolute atomic E-state index is 0.493. The van der Waals surface area contributed by atoms with E-state index < -0.39 is 0 Å². The number of nitrogens with one attached hydrogen (secondary N) is 1. The van der Waals surface area contributed by atoms with Crippen molar-refractivity contribution in [2.75, 3.05) is 6.54 Å². The molecule has 3 nitrogen and oxygen atoms in total. The van der Waals surface area contributed by atoms with E-state index in [1.807, 2.05) is 0 Å². The summed E-state index contributed by atoms with van der Waals surface area (Å²) >= 11 is 3.61. The Morgan fingerprint density at radius 3 is 2.92 bits per heavy atom. The van der Waals surface area contributed by atoms with Gasteiger partial charge >= 0.3 is 0 Å². The maximum atomic E-state index is 4.58. The van der Waals surface area contributed by atoms with Crippen LogP contribution in [0.5, 0.6) is 0 Å². The summed E-state index contributed by atoms with van der Waals surface area (Å²) < 4.78 is 3.30. The van der Waals surface area contributed by atoms with Gasteiger partial charge in [0.1, 0.15) is 0 Å². The number of fused-ring (bicyclic) bond motifs is 1. The van der Waals surface area contributed by atoms with Crippen LogP contribution in [0.1, 0.15) is 31.2 Å². The van der Waals surface area contributed by atoms with E-state index >= 15 is 0 Å². The highest BCUT2D eigenvalue weighted by Gasteiger charge is 2.19. The van der Waals surface area contributed by atoms with E-state index in [4.69, 9.17) is 0 Å². The van der Waals surface area contributed by atoms with Gasteiger partial charge < -0.3 is 5.32 Å². The molecule has 2 heterocycles. The molecule has 2 rings (SSSR count). The van der Waals surface area contributed by atoms with Crippen molar-refractivity contribution < 1.29 is 0 Å². The summed E-state index contributed by atoms with van der Waals surface area (Å²) in [6.07, 6.45) is 0. The fourth-order valence-corrected chi connectivity index (χ4v) is 2.49. The maximum Gasteiger partial charge on any atom is 0.0795 e. The summed E-state index contributed by atoms with van der Waals surface area (Å²) in [7, 11) is 0. The molecule has 0 atom stereocenters. The zero-order valence-electron chi connectivity index (χ0n) is 7.97. The third-order valence-corrected chi connectivity index (χ3v) is 3.22. The molecule has 0 fully saturated rings. The minimum Gasteiger partial charge on any atom is -0.309 e. The Balaban J connectivity index is 2.44. The van der Waals surface area contributed by atoms with Gasteiger partial charge in [0.2, 0.25) is 0 Å². The largest absolute Gasteiger partial charge is 0.309 e. The van der Waals surface area contributed by atoms with E-state index in [9.17, 15) is 0 Å². The van der Waals surface area contributed by atoms with Crippen LogP contribution in [0, 0.1) is 0 Å². The van der Waals surface area contributed by atoms with Crippen LogP contribution in [0.4, 0.5) is 0 Å². The molecule has 0 aliphatic carbocycles. The van der Waals surface area contributed by atoms with Gasteiger partial charge in [-0.3, -0.25) is 4.68 Å². The highest BCUT2D eigenvalue weighted by Crippen LogP contribution is 2.28. The topological polar surface area (TPSA) is 29.9 Å². The van der Waals surface area contributed by atoms with Gasteiger partial charge in [-0.25, -0.2) is 0 Å². The lowest BCUT2D eigenvalue weighted by atomic mass is 10.1. The zero-order valence-corrected chi connectivity index (χ0v) is 9.56. The molecule has 0 spiro atoms. The Hall–Kier alpha value is -0.350. The van der Waals surface area contributed by atoms with E-state index in [2.05, 4.69) is 44.9 Å². The molecule has 4 heteroatoms. The van der Waals surface area contributed by atoms with Crippen molar-refractivity contribution in [3.8, 4) is 0 Å². The third-order valence-electron chi connectivity index (χ3n) is 2.36. The van der Waals surface area contributed by atoms with Gasteiger partial charge in [-0.2, -0.15) is 5.10 Å². The standard InChI is InChI=1S/C9H14BrN3/c1-6(2)9-8(10)7-5-11-3-4-13(7)12-9/h6,11H,3-5H2,1-2H3. The summed E-state index contributed by atoms with van der Waals surface area (Å²) in [5.41, 5.74) is 2.47. The van der Waals surface area contributed by atoms with Crippen LogP contribution < -0.4 is 5.32 Å². The second kappa shape index (κ2) is 3.42. The van der Waals surface area contributed by atoms with Gasteiger partial charge in [0.05, 0.1) is 22.4 Å². The number of hydrogen-bond donors (Lipinski definition) is 1. The Morgan fingerprint density at radius 1 is 1.54 bits per heavy atom. The SMILES string of the molecule is CC(C)c1nn2c(c1Br)CNCC2.